The van der Waals surface area contributed by atoms with Crippen LogP contribution in [0.15, 0.2) is 30.3 Å². The van der Waals surface area contributed by atoms with Gasteiger partial charge in [-0.05, 0) is 70.6 Å². The number of nitriles is 1. The Kier molecular flexibility index (Phi) is 7.63. The molecule has 1 aliphatic rings. The Morgan fingerprint density at radius 1 is 1.20 bits per heavy atom. The molecule has 2 aromatic heterocycles. The van der Waals surface area contributed by atoms with Gasteiger partial charge >= 0.3 is 0 Å². The van der Waals surface area contributed by atoms with Gasteiger partial charge in [0.25, 0.3) is 5.91 Å². The smallest absolute Gasteiger partial charge is 0.264 e. The van der Waals surface area contributed by atoms with Crippen LogP contribution >= 0.6 is 11.3 Å². The second kappa shape index (κ2) is 10.9. The molecule has 1 unspecified atom stereocenters. The maximum absolute atomic E-state index is 15.8. The number of benzene rings is 2. The first-order valence-electron chi connectivity index (χ1n) is 13.1. The number of aliphatic hydroxyl groups is 1. The van der Waals surface area contributed by atoms with E-state index in [9.17, 15) is 19.6 Å². The van der Waals surface area contributed by atoms with Crippen LogP contribution in [-0.4, -0.2) is 74.6 Å². The standard InChI is InChI=1S/C29H29F3N6O2S/c1-29(2,40)15-38-26-22(34-35-38)11-20(24(31)25(26)32)27-19(16-7-8-17(13-33)21(30)10-16)12-23(41-27)28(39)37-9-5-6-18(14-37)36(3)4/h7-8,10-12,18,40H,5-6,9,14-15H2,1-4H3. The van der Waals surface area contributed by atoms with Gasteiger partial charge in [0.2, 0.25) is 0 Å². The molecule has 8 nitrogen and oxygen atoms in total. The van der Waals surface area contributed by atoms with E-state index in [2.05, 4.69) is 15.2 Å². The van der Waals surface area contributed by atoms with Crippen molar-refractivity contribution in [2.75, 3.05) is 27.2 Å². The maximum atomic E-state index is 15.8. The summed E-state index contributed by atoms with van der Waals surface area (Å²) < 4.78 is 47.1. The van der Waals surface area contributed by atoms with E-state index >= 15 is 8.78 Å². The third kappa shape index (κ3) is 5.57. The van der Waals surface area contributed by atoms with Crippen LogP contribution in [0.2, 0.25) is 0 Å². The quantitative estimate of drug-likeness (QED) is 0.342. The number of piperidine rings is 1. The first kappa shape index (κ1) is 28.7. The first-order valence-corrected chi connectivity index (χ1v) is 13.9. The number of amides is 1. The van der Waals surface area contributed by atoms with Crippen LogP contribution in [0, 0.1) is 28.8 Å². The van der Waals surface area contributed by atoms with Crippen molar-refractivity contribution in [3.05, 3.63) is 58.2 Å². The number of hydrogen-bond donors (Lipinski definition) is 1. The minimum Gasteiger partial charge on any atom is -0.389 e. The number of likely N-dealkylation sites (tertiary alicyclic amines) is 1. The highest BCUT2D eigenvalue weighted by Gasteiger charge is 2.30. The van der Waals surface area contributed by atoms with Gasteiger partial charge < -0.3 is 14.9 Å². The lowest BCUT2D eigenvalue weighted by Gasteiger charge is -2.35. The number of carbonyl (C=O) groups is 1. The fourth-order valence-electron chi connectivity index (χ4n) is 5.11. The van der Waals surface area contributed by atoms with Gasteiger partial charge in [0.1, 0.15) is 22.9 Å². The zero-order chi connectivity index (χ0) is 29.6. The number of carbonyl (C=O) groups excluding carboxylic acids is 1. The lowest BCUT2D eigenvalue weighted by Crippen LogP contribution is -2.47. The lowest BCUT2D eigenvalue weighted by atomic mass is 9.99. The van der Waals surface area contributed by atoms with Crippen LogP contribution < -0.4 is 0 Å². The SMILES string of the molecule is CN(C)C1CCCN(C(=O)c2cc(-c3ccc(C#N)c(F)c3)c(-c3cc4nnn(CC(C)(C)O)c4c(F)c3F)s2)C1. The van der Waals surface area contributed by atoms with Crippen molar-refractivity contribution in [2.45, 2.75) is 44.9 Å². The largest absolute Gasteiger partial charge is 0.389 e. The average molecular weight is 583 g/mol. The van der Waals surface area contributed by atoms with Crippen LogP contribution in [0.25, 0.3) is 32.6 Å². The number of aromatic nitrogens is 3. The number of hydrogen-bond acceptors (Lipinski definition) is 7. The predicted octanol–water partition coefficient (Wildman–Crippen LogP) is 5.05. The van der Waals surface area contributed by atoms with Crippen molar-refractivity contribution in [2.24, 2.45) is 0 Å². The van der Waals surface area contributed by atoms with Crippen molar-refractivity contribution in [1.29, 1.82) is 5.26 Å². The topological polar surface area (TPSA) is 98.3 Å². The van der Waals surface area contributed by atoms with Gasteiger partial charge in [0, 0.05) is 35.1 Å². The molecule has 1 saturated heterocycles. The van der Waals surface area contributed by atoms with Crippen LogP contribution in [0.3, 0.4) is 0 Å². The molecule has 41 heavy (non-hydrogen) atoms. The molecule has 1 aliphatic heterocycles. The van der Waals surface area contributed by atoms with Crippen molar-refractivity contribution >= 4 is 28.3 Å². The molecule has 4 aromatic rings. The second-order valence-electron chi connectivity index (χ2n) is 11.2. The molecule has 1 fully saturated rings. The molecule has 0 radical (unpaired) electrons. The summed E-state index contributed by atoms with van der Waals surface area (Å²) in [5.41, 5.74) is -1.07. The number of nitrogens with zero attached hydrogens (tertiary/aromatic N) is 6. The zero-order valence-corrected chi connectivity index (χ0v) is 23.9. The van der Waals surface area contributed by atoms with E-state index in [1.54, 1.807) is 17.0 Å². The fourth-order valence-corrected chi connectivity index (χ4v) is 6.27. The third-order valence-corrected chi connectivity index (χ3v) is 8.37. The Labute approximate surface area is 239 Å². The molecule has 12 heteroatoms. The summed E-state index contributed by atoms with van der Waals surface area (Å²) >= 11 is 0.989. The normalized spacial score (nSPS) is 16.0. The summed E-state index contributed by atoms with van der Waals surface area (Å²) in [7, 11) is 3.93. The van der Waals surface area contributed by atoms with E-state index in [1.807, 2.05) is 14.1 Å². The molecule has 2 aromatic carbocycles. The summed E-state index contributed by atoms with van der Waals surface area (Å²) in [6, 6.07) is 8.84. The molecule has 5 rings (SSSR count). The van der Waals surface area contributed by atoms with Crippen molar-refractivity contribution in [3.8, 4) is 27.6 Å². The third-order valence-electron chi connectivity index (χ3n) is 7.22. The highest BCUT2D eigenvalue weighted by atomic mass is 32.1. The summed E-state index contributed by atoms with van der Waals surface area (Å²) in [6.07, 6.45) is 1.79. The van der Waals surface area contributed by atoms with Gasteiger partial charge in [0.05, 0.1) is 22.6 Å². The molecule has 1 atom stereocenters. The molecule has 3 heterocycles. The Hall–Kier alpha value is -3.79. The van der Waals surface area contributed by atoms with Crippen molar-refractivity contribution < 1.29 is 23.1 Å². The maximum Gasteiger partial charge on any atom is 0.264 e. The first-order chi connectivity index (χ1) is 19.4. The molecular weight excluding hydrogens is 553 g/mol. The van der Waals surface area contributed by atoms with E-state index in [0.717, 1.165) is 34.9 Å². The van der Waals surface area contributed by atoms with Gasteiger partial charge in [-0.2, -0.15) is 5.26 Å². The van der Waals surface area contributed by atoms with E-state index < -0.39 is 23.1 Å². The molecule has 0 saturated carbocycles. The Balaban J connectivity index is 1.65. The molecular formula is C29H29F3N6O2S. The highest BCUT2D eigenvalue weighted by Crippen LogP contribution is 2.43. The van der Waals surface area contributed by atoms with Gasteiger partial charge in [-0.15, -0.1) is 16.4 Å². The highest BCUT2D eigenvalue weighted by molar-refractivity contribution is 7.18. The van der Waals surface area contributed by atoms with E-state index in [1.165, 1.54) is 32.0 Å². The van der Waals surface area contributed by atoms with E-state index in [4.69, 9.17) is 0 Å². The van der Waals surface area contributed by atoms with Crippen LogP contribution in [0.5, 0.6) is 0 Å². The van der Waals surface area contributed by atoms with Gasteiger partial charge in [-0.25, -0.2) is 17.9 Å². The molecule has 0 aliphatic carbocycles. The summed E-state index contributed by atoms with van der Waals surface area (Å²) in [6.45, 7) is 4.00. The van der Waals surface area contributed by atoms with Crippen LogP contribution in [0.4, 0.5) is 13.2 Å². The molecule has 1 N–H and O–H groups in total. The predicted molar refractivity (Wildman–Crippen MR) is 150 cm³/mol. The number of likely N-dealkylation sites (N-methyl/N-ethyl adjacent to an activating group) is 1. The summed E-state index contributed by atoms with van der Waals surface area (Å²) in [4.78, 5) is 18.0. The van der Waals surface area contributed by atoms with E-state index in [-0.39, 0.29) is 45.5 Å². The lowest BCUT2D eigenvalue weighted by molar-refractivity contribution is 0.0582. The molecule has 214 valence electrons. The molecule has 0 spiro atoms. The second-order valence-corrected chi connectivity index (χ2v) is 12.2. The van der Waals surface area contributed by atoms with Crippen molar-refractivity contribution in [1.82, 2.24) is 24.8 Å². The molecule has 0 bridgehead atoms. The minimum atomic E-state index is -1.25. The van der Waals surface area contributed by atoms with Crippen LogP contribution in [0.1, 0.15) is 41.9 Å². The number of rotatable bonds is 6. The van der Waals surface area contributed by atoms with Gasteiger partial charge in [0.15, 0.2) is 11.6 Å². The van der Waals surface area contributed by atoms with Gasteiger partial charge in [-0.1, -0.05) is 11.3 Å². The summed E-state index contributed by atoms with van der Waals surface area (Å²) in [5, 5.41) is 27.2. The van der Waals surface area contributed by atoms with Crippen molar-refractivity contribution in [3.63, 3.8) is 0 Å². The number of halogens is 3. The Morgan fingerprint density at radius 2 is 1.95 bits per heavy atom. The summed E-state index contributed by atoms with van der Waals surface area (Å²) in [5.74, 6) is -3.40. The minimum absolute atomic E-state index is 0.0613. The number of fused-ring (bicyclic) bond motifs is 1. The molecule has 1 amide bonds. The Morgan fingerprint density at radius 3 is 2.61 bits per heavy atom. The average Bonchev–Trinajstić information content (AvgIpc) is 3.54. The zero-order valence-electron chi connectivity index (χ0n) is 23.1. The Bertz CT molecular complexity index is 1680. The fraction of sp³-hybridized carbons (Fsp3) is 0.379. The van der Waals surface area contributed by atoms with E-state index in [0.29, 0.717) is 29.1 Å². The number of thiophene rings is 1. The van der Waals surface area contributed by atoms with Gasteiger partial charge in [-0.3, -0.25) is 4.79 Å². The van der Waals surface area contributed by atoms with Crippen LogP contribution in [-0.2, 0) is 6.54 Å². The monoisotopic (exact) mass is 582 g/mol.